The van der Waals surface area contributed by atoms with Gasteiger partial charge in [-0.15, -0.1) is 0 Å². The van der Waals surface area contributed by atoms with E-state index in [4.69, 9.17) is 0 Å². The van der Waals surface area contributed by atoms with Gasteiger partial charge in [0.05, 0.1) is 12.1 Å². The molecule has 1 aliphatic carbocycles. The fraction of sp³-hybridized carbons (Fsp3) is 0.500. The lowest BCUT2D eigenvalue weighted by atomic mass is 9.91. The molecule has 0 bridgehead atoms. The lowest BCUT2D eigenvalue weighted by Gasteiger charge is -2.36. The van der Waals surface area contributed by atoms with Crippen LogP contribution in [-0.2, 0) is 0 Å². The van der Waals surface area contributed by atoms with Crippen LogP contribution < -0.4 is 4.90 Å². The maximum atomic E-state index is 10.6. The Bertz CT molecular complexity index is 374. The molecule has 3 heteroatoms. The zero-order valence-electron chi connectivity index (χ0n) is 10.2. The van der Waals surface area contributed by atoms with Crippen molar-refractivity contribution in [2.45, 2.75) is 37.8 Å². The summed E-state index contributed by atoms with van der Waals surface area (Å²) < 4.78 is 0. The van der Waals surface area contributed by atoms with Crippen molar-refractivity contribution in [2.75, 3.05) is 11.9 Å². The lowest BCUT2D eigenvalue weighted by Crippen LogP contribution is -2.43. The van der Waals surface area contributed by atoms with Crippen molar-refractivity contribution in [2.24, 2.45) is 0 Å². The van der Waals surface area contributed by atoms with Crippen LogP contribution in [0.4, 0.5) is 5.69 Å². The zero-order chi connectivity index (χ0) is 12.3. The van der Waals surface area contributed by atoms with Crippen molar-refractivity contribution in [1.82, 2.24) is 0 Å². The maximum absolute atomic E-state index is 10.6. The molecule has 0 amide bonds. The van der Waals surface area contributed by atoms with Crippen molar-refractivity contribution in [3.63, 3.8) is 0 Å². The van der Waals surface area contributed by atoms with Crippen LogP contribution in [0.2, 0.25) is 0 Å². The van der Waals surface area contributed by atoms with Gasteiger partial charge >= 0.3 is 0 Å². The van der Waals surface area contributed by atoms with Crippen LogP contribution in [-0.4, -0.2) is 30.6 Å². The van der Waals surface area contributed by atoms with Crippen LogP contribution in [0, 0.1) is 0 Å². The van der Waals surface area contributed by atoms with Gasteiger partial charge in [0.1, 0.15) is 6.29 Å². The summed E-state index contributed by atoms with van der Waals surface area (Å²) in [5.74, 6) is 0. The average molecular weight is 233 g/mol. The molecule has 2 atom stereocenters. The quantitative estimate of drug-likeness (QED) is 0.814. The van der Waals surface area contributed by atoms with Gasteiger partial charge in [-0.3, -0.25) is 4.79 Å². The van der Waals surface area contributed by atoms with Crippen LogP contribution >= 0.6 is 0 Å². The monoisotopic (exact) mass is 233 g/mol. The molecule has 1 saturated carbocycles. The minimum absolute atomic E-state index is 0.200. The van der Waals surface area contributed by atoms with E-state index in [1.807, 2.05) is 31.3 Å². The molecule has 0 aliphatic heterocycles. The Morgan fingerprint density at radius 3 is 2.47 bits per heavy atom. The molecule has 1 N–H and O–H groups in total. The molecule has 3 nitrogen and oxygen atoms in total. The molecule has 0 heterocycles. The summed E-state index contributed by atoms with van der Waals surface area (Å²) in [6.45, 7) is 0. The Morgan fingerprint density at radius 1 is 1.24 bits per heavy atom. The Balaban J connectivity index is 2.11. The maximum Gasteiger partial charge on any atom is 0.150 e. The van der Waals surface area contributed by atoms with Crippen molar-refractivity contribution >= 4 is 12.0 Å². The van der Waals surface area contributed by atoms with E-state index in [0.717, 1.165) is 31.2 Å². The van der Waals surface area contributed by atoms with Gasteiger partial charge in [-0.1, -0.05) is 12.8 Å². The molecular formula is C14H19NO2. The van der Waals surface area contributed by atoms with E-state index in [0.29, 0.717) is 5.56 Å². The Hall–Kier alpha value is -1.35. The van der Waals surface area contributed by atoms with E-state index in [1.165, 1.54) is 6.42 Å². The Labute approximate surface area is 102 Å². The van der Waals surface area contributed by atoms with Gasteiger partial charge in [-0.2, -0.15) is 0 Å². The van der Waals surface area contributed by atoms with Crippen molar-refractivity contribution < 1.29 is 9.90 Å². The van der Waals surface area contributed by atoms with E-state index in [2.05, 4.69) is 4.90 Å². The molecule has 0 spiro atoms. The Morgan fingerprint density at radius 2 is 1.88 bits per heavy atom. The van der Waals surface area contributed by atoms with Gasteiger partial charge in [0, 0.05) is 18.3 Å². The average Bonchev–Trinajstić information content (AvgIpc) is 2.39. The number of aliphatic hydroxyl groups excluding tert-OH is 1. The van der Waals surface area contributed by atoms with E-state index in [1.54, 1.807) is 0 Å². The number of aliphatic hydroxyl groups is 1. The van der Waals surface area contributed by atoms with Crippen molar-refractivity contribution in [1.29, 1.82) is 0 Å². The van der Waals surface area contributed by atoms with Gasteiger partial charge in [0.25, 0.3) is 0 Å². The summed E-state index contributed by atoms with van der Waals surface area (Å²) in [6, 6.07) is 7.70. The smallest absolute Gasteiger partial charge is 0.150 e. The molecule has 17 heavy (non-hydrogen) atoms. The largest absolute Gasteiger partial charge is 0.391 e. The fourth-order valence-electron chi connectivity index (χ4n) is 2.52. The number of hydrogen-bond acceptors (Lipinski definition) is 3. The van der Waals surface area contributed by atoms with E-state index in [-0.39, 0.29) is 12.1 Å². The normalized spacial score (nSPS) is 24.4. The number of aldehydes is 1. The molecule has 1 aromatic carbocycles. The third kappa shape index (κ3) is 2.67. The standard InChI is InChI=1S/C14H19NO2/c1-15(13-4-2-3-5-14(13)17)12-8-6-11(10-16)7-9-12/h6-10,13-14,17H,2-5H2,1H3. The van der Waals surface area contributed by atoms with Crippen molar-refractivity contribution in [3.8, 4) is 0 Å². The van der Waals surface area contributed by atoms with Crippen molar-refractivity contribution in [3.05, 3.63) is 29.8 Å². The number of carbonyl (C=O) groups is 1. The molecule has 92 valence electrons. The van der Waals surface area contributed by atoms with E-state index < -0.39 is 0 Å². The first-order valence-electron chi connectivity index (χ1n) is 6.18. The summed E-state index contributed by atoms with van der Waals surface area (Å²) in [6.07, 6.45) is 4.83. The summed E-state index contributed by atoms with van der Waals surface area (Å²) in [7, 11) is 2.01. The summed E-state index contributed by atoms with van der Waals surface area (Å²) in [5.41, 5.74) is 1.74. The van der Waals surface area contributed by atoms with Crippen LogP contribution in [0.15, 0.2) is 24.3 Å². The number of benzene rings is 1. The Kier molecular flexibility index (Phi) is 3.79. The predicted octanol–water partition coefficient (Wildman–Crippen LogP) is 2.24. The van der Waals surface area contributed by atoms with Crippen LogP contribution in [0.3, 0.4) is 0 Å². The molecule has 0 radical (unpaired) electrons. The van der Waals surface area contributed by atoms with Gasteiger partial charge in [-0.05, 0) is 37.1 Å². The molecule has 0 aromatic heterocycles. The third-order valence-corrected chi connectivity index (χ3v) is 3.63. The number of anilines is 1. The summed E-state index contributed by atoms with van der Waals surface area (Å²) >= 11 is 0. The number of nitrogens with zero attached hydrogens (tertiary/aromatic N) is 1. The van der Waals surface area contributed by atoms with Crippen LogP contribution in [0.1, 0.15) is 36.0 Å². The minimum Gasteiger partial charge on any atom is -0.391 e. The fourth-order valence-corrected chi connectivity index (χ4v) is 2.52. The van der Waals surface area contributed by atoms with Crippen LogP contribution in [0.5, 0.6) is 0 Å². The highest BCUT2D eigenvalue weighted by atomic mass is 16.3. The zero-order valence-corrected chi connectivity index (χ0v) is 10.2. The SMILES string of the molecule is CN(c1ccc(C=O)cc1)C1CCCCC1O. The highest BCUT2D eigenvalue weighted by molar-refractivity contribution is 5.75. The number of rotatable bonds is 3. The topological polar surface area (TPSA) is 40.5 Å². The molecule has 1 aromatic rings. The lowest BCUT2D eigenvalue weighted by molar-refractivity contribution is 0.106. The second kappa shape index (κ2) is 5.32. The second-order valence-corrected chi connectivity index (χ2v) is 4.74. The number of carbonyl (C=O) groups excluding carboxylic acids is 1. The predicted molar refractivity (Wildman–Crippen MR) is 68.5 cm³/mol. The highest BCUT2D eigenvalue weighted by Crippen LogP contribution is 2.26. The minimum atomic E-state index is -0.237. The number of hydrogen-bond donors (Lipinski definition) is 1. The van der Waals surface area contributed by atoms with Gasteiger partial charge in [0.15, 0.2) is 0 Å². The molecule has 1 aliphatic rings. The summed E-state index contributed by atoms with van der Waals surface area (Å²) in [4.78, 5) is 12.7. The molecule has 1 fully saturated rings. The molecular weight excluding hydrogens is 214 g/mol. The number of likely N-dealkylation sites (N-methyl/N-ethyl adjacent to an activating group) is 1. The van der Waals surface area contributed by atoms with Gasteiger partial charge < -0.3 is 10.0 Å². The van der Waals surface area contributed by atoms with Gasteiger partial charge in [-0.25, -0.2) is 0 Å². The van der Waals surface area contributed by atoms with E-state index >= 15 is 0 Å². The molecule has 2 unspecified atom stereocenters. The molecule has 0 saturated heterocycles. The molecule has 2 rings (SSSR count). The first kappa shape index (κ1) is 12.1. The first-order chi connectivity index (χ1) is 8.22. The van der Waals surface area contributed by atoms with E-state index in [9.17, 15) is 9.90 Å². The van der Waals surface area contributed by atoms with Gasteiger partial charge in [0.2, 0.25) is 0 Å². The third-order valence-electron chi connectivity index (χ3n) is 3.63. The summed E-state index contributed by atoms with van der Waals surface area (Å²) in [5, 5.41) is 10.0. The highest BCUT2D eigenvalue weighted by Gasteiger charge is 2.26. The first-order valence-corrected chi connectivity index (χ1v) is 6.18. The van der Waals surface area contributed by atoms with Crippen LogP contribution in [0.25, 0.3) is 0 Å². The second-order valence-electron chi connectivity index (χ2n) is 4.74.